The molecule has 2 fully saturated rings. The first-order valence-electron chi connectivity index (χ1n) is 14.4. The molecule has 0 bridgehead atoms. The van der Waals surface area contributed by atoms with Crippen molar-refractivity contribution in [2.45, 2.75) is 49.1 Å². The predicted octanol–water partition coefficient (Wildman–Crippen LogP) is 3.03. The van der Waals surface area contributed by atoms with Crippen LogP contribution in [0.2, 0.25) is 0 Å². The van der Waals surface area contributed by atoms with Gasteiger partial charge in [0.1, 0.15) is 6.10 Å². The average Bonchev–Trinajstić information content (AvgIpc) is 3.02. The highest BCUT2D eigenvalue weighted by atomic mass is 16.6. The molecule has 1 saturated carbocycles. The van der Waals surface area contributed by atoms with Crippen molar-refractivity contribution < 1.29 is 59.6 Å². The third kappa shape index (κ3) is 6.25. The zero-order valence-corrected chi connectivity index (χ0v) is 24.3. The van der Waals surface area contributed by atoms with E-state index in [1.54, 1.807) is 30.3 Å². The van der Waals surface area contributed by atoms with Gasteiger partial charge in [-0.3, -0.25) is 0 Å². The lowest BCUT2D eigenvalue weighted by molar-refractivity contribution is -0.263. The van der Waals surface area contributed by atoms with Crippen LogP contribution >= 0.6 is 0 Å². The Morgan fingerprint density at radius 2 is 1.54 bits per heavy atom. The molecule has 12 nitrogen and oxygen atoms in total. The Hall–Kier alpha value is -5.33. The first-order valence-corrected chi connectivity index (χ1v) is 14.4. The van der Waals surface area contributed by atoms with Crippen molar-refractivity contribution in [3.05, 3.63) is 95.1 Å². The number of aliphatic hydroxyl groups is 2. The highest BCUT2D eigenvalue weighted by molar-refractivity contribution is 5.95. The van der Waals surface area contributed by atoms with E-state index in [0.29, 0.717) is 16.7 Å². The number of benzene rings is 3. The lowest BCUT2D eigenvalue weighted by Gasteiger charge is -2.54. The maximum Gasteiger partial charge on any atom is 0.336 e. The summed E-state index contributed by atoms with van der Waals surface area (Å²) in [5.41, 5.74) is -3.13. The maximum atomic E-state index is 13.4. The molecule has 7 N–H and O–H groups in total. The topological polar surface area (TPSA) is 211 Å². The van der Waals surface area contributed by atoms with E-state index in [0.717, 1.165) is 6.08 Å². The molecular weight excluding hydrogens is 600 g/mol. The number of carboxylic acid groups (broad SMARTS) is 1. The van der Waals surface area contributed by atoms with Crippen LogP contribution < -0.4 is 0 Å². The molecular formula is C34H32O12. The quantitative estimate of drug-likeness (QED) is 0.114. The molecule has 0 radical (unpaired) electrons. The van der Waals surface area contributed by atoms with E-state index in [-0.39, 0.29) is 36.3 Å². The minimum Gasteiger partial charge on any atom is -0.504 e. The van der Waals surface area contributed by atoms with Crippen molar-refractivity contribution in [1.82, 2.24) is 0 Å². The molecule has 0 aromatic heterocycles. The van der Waals surface area contributed by atoms with Gasteiger partial charge in [0, 0.05) is 24.0 Å². The summed E-state index contributed by atoms with van der Waals surface area (Å²) in [6, 6.07) is 16.3. The second kappa shape index (κ2) is 12.6. The van der Waals surface area contributed by atoms with E-state index in [1.807, 2.05) is 0 Å². The molecule has 5 rings (SSSR count). The van der Waals surface area contributed by atoms with Crippen molar-refractivity contribution in [2.75, 3.05) is 0 Å². The van der Waals surface area contributed by atoms with Gasteiger partial charge in [-0.15, -0.1) is 0 Å². The Morgan fingerprint density at radius 1 is 0.913 bits per heavy atom. The van der Waals surface area contributed by atoms with Gasteiger partial charge in [-0.25, -0.2) is 14.4 Å². The number of carbonyl (C=O) groups is 3. The fourth-order valence-corrected chi connectivity index (χ4v) is 6.06. The van der Waals surface area contributed by atoms with Gasteiger partial charge in [-0.2, -0.15) is 0 Å². The van der Waals surface area contributed by atoms with Gasteiger partial charge in [0.15, 0.2) is 40.3 Å². The summed E-state index contributed by atoms with van der Waals surface area (Å²) in [7, 11) is 0. The molecule has 3 aromatic carbocycles. The standard InChI is InChI=1S/C34H32O12/c35-24-9-6-20(16-26(24)37)8-11-29(40)45-30-23(15-19-4-2-1-3-5-19)33(44,32(42)43)18-28(39)34(30)13-12-22(31(41)46-34)14-21-7-10-25(36)27(38)17-21/h1-11,14,16-17,23,28,30,35-39,44H,12-13,15,18H2,(H,42,43)/t23-,28+,30+,33+,34+/m0/s1. The first kappa shape index (κ1) is 32.1. The highest BCUT2D eigenvalue weighted by Gasteiger charge is 2.67. The molecule has 5 atom stereocenters. The SMILES string of the molecule is O=C(C=Cc1ccc(O)c(O)c1)O[C@@H]1[C@H](Cc2ccccc2)[C@@](O)(C(=O)O)C[C@@H](O)[C@]12CCC(=Cc1ccc(O)c(O)c1)C(=O)O2. The van der Waals surface area contributed by atoms with Crippen LogP contribution in [0.4, 0.5) is 0 Å². The molecule has 0 amide bonds. The van der Waals surface area contributed by atoms with Gasteiger partial charge < -0.3 is 45.2 Å². The molecule has 1 aliphatic heterocycles. The minimum atomic E-state index is -2.59. The summed E-state index contributed by atoms with van der Waals surface area (Å²) in [6.07, 6.45) is -0.729. The minimum absolute atomic E-state index is 0.0161. The highest BCUT2D eigenvalue weighted by Crippen LogP contribution is 2.50. The Balaban J connectivity index is 1.53. The van der Waals surface area contributed by atoms with Crippen LogP contribution in [0.15, 0.2) is 78.4 Å². The number of phenols is 4. The molecule has 12 heteroatoms. The number of aromatic hydroxyl groups is 4. The number of carbonyl (C=O) groups excluding carboxylic acids is 2. The van der Waals surface area contributed by atoms with E-state index in [9.17, 15) is 50.1 Å². The van der Waals surface area contributed by atoms with E-state index in [4.69, 9.17) is 9.47 Å². The molecule has 1 saturated heterocycles. The van der Waals surface area contributed by atoms with Crippen LogP contribution in [-0.2, 0) is 30.3 Å². The van der Waals surface area contributed by atoms with Crippen LogP contribution in [0.25, 0.3) is 12.2 Å². The largest absolute Gasteiger partial charge is 0.504 e. The number of aliphatic hydroxyl groups excluding tert-OH is 1. The van der Waals surface area contributed by atoms with E-state index >= 15 is 0 Å². The Morgan fingerprint density at radius 3 is 2.15 bits per heavy atom. The summed E-state index contributed by atoms with van der Waals surface area (Å²) >= 11 is 0. The zero-order valence-electron chi connectivity index (χ0n) is 24.3. The first-order chi connectivity index (χ1) is 21.8. The van der Waals surface area contributed by atoms with Crippen LogP contribution in [-0.4, -0.2) is 77.1 Å². The van der Waals surface area contributed by atoms with Gasteiger partial charge in [-0.05, 0) is 72.4 Å². The van der Waals surface area contributed by atoms with Crippen molar-refractivity contribution in [1.29, 1.82) is 0 Å². The Labute approximate surface area is 262 Å². The monoisotopic (exact) mass is 632 g/mol. The lowest BCUT2D eigenvalue weighted by atomic mass is 9.61. The second-order valence-electron chi connectivity index (χ2n) is 11.4. The van der Waals surface area contributed by atoms with Crippen LogP contribution in [0, 0.1) is 5.92 Å². The summed E-state index contributed by atoms with van der Waals surface area (Å²) in [5.74, 6) is -6.52. The maximum absolute atomic E-state index is 13.4. The number of rotatable bonds is 7. The number of carboxylic acids is 1. The number of phenolic OH excluding ortho intramolecular Hbond substituents is 4. The predicted molar refractivity (Wildman–Crippen MR) is 161 cm³/mol. The molecule has 2 aliphatic rings. The van der Waals surface area contributed by atoms with Crippen molar-refractivity contribution in [2.24, 2.45) is 5.92 Å². The number of hydrogen-bond acceptors (Lipinski definition) is 11. The van der Waals surface area contributed by atoms with Gasteiger partial charge in [-0.1, -0.05) is 42.5 Å². The fraction of sp³-hybridized carbons (Fsp3) is 0.265. The molecule has 3 aromatic rings. The molecule has 46 heavy (non-hydrogen) atoms. The van der Waals surface area contributed by atoms with Gasteiger partial charge in [0.05, 0.1) is 0 Å². The zero-order chi connectivity index (χ0) is 33.2. The molecule has 1 aliphatic carbocycles. The second-order valence-corrected chi connectivity index (χ2v) is 11.4. The third-order valence-electron chi connectivity index (χ3n) is 8.52. The normalized spacial score (nSPS) is 27.0. The molecule has 1 heterocycles. The number of hydrogen-bond donors (Lipinski definition) is 7. The average molecular weight is 633 g/mol. The smallest absolute Gasteiger partial charge is 0.336 e. The van der Waals surface area contributed by atoms with E-state index in [1.165, 1.54) is 48.6 Å². The van der Waals surface area contributed by atoms with Gasteiger partial charge in [0.25, 0.3) is 0 Å². The summed E-state index contributed by atoms with van der Waals surface area (Å²) in [5, 5.41) is 72.0. The summed E-state index contributed by atoms with van der Waals surface area (Å²) < 4.78 is 11.7. The number of aliphatic carboxylic acids is 1. The Kier molecular flexibility index (Phi) is 8.77. The van der Waals surface area contributed by atoms with Crippen LogP contribution in [0.1, 0.15) is 36.0 Å². The summed E-state index contributed by atoms with van der Waals surface area (Å²) in [6.45, 7) is 0. The lowest BCUT2D eigenvalue weighted by Crippen LogP contribution is -2.72. The van der Waals surface area contributed by atoms with Crippen molar-refractivity contribution in [3.8, 4) is 23.0 Å². The number of esters is 2. The van der Waals surface area contributed by atoms with Gasteiger partial charge >= 0.3 is 17.9 Å². The van der Waals surface area contributed by atoms with Crippen LogP contribution in [0.3, 0.4) is 0 Å². The summed E-state index contributed by atoms with van der Waals surface area (Å²) in [4.78, 5) is 39.3. The van der Waals surface area contributed by atoms with Crippen molar-refractivity contribution >= 4 is 30.1 Å². The van der Waals surface area contributed by atoms with Crippen molar-refractivity contribution in [3.63, 3.8) is 0 Å². The number of ether oxygens (including phenoxy) is 2. The molecule has 240 valence electrons. The third-order valence-corrected chi connectivity index (χ3v) is 8.52. The molecule has 0 unspecified atom stereocenters. The van der Waals surface area contributed by atoms with E-state index < -0.39 is 65.2 Å². The fourth-order valence-electron chi connectivity index (χ4n) is 6.06. The van der Waals surface area contributed by atoms with Crippen LogP contribution in [0.5, 0.6) is 23.0 Å². The Bertz CT molecular complexity index is 1710. The molecule has 1 spiro atoms. The van der Waals surface area contributed by atoms with E-state index in [2.05, 4.69) is 0 Å². The van der Waals surface area contributed by atoms with Gasteiger partial charge in [0.2, 0.25) is 0 Å².